The zero-order valence-corrected chi connectivity index (χ0v) is 19.6. The molecule has 174 valence electrons. The highest BCUT2D eigenvalue weighted by molar-refractivity contribution is 6.11. The Morgan fingerprint density at radius 1 is 1.03 bits per heavy atom. The van der Waals surface area contributed by atoms with E-state index >= 15 is 0 Å². The molecule has 1 saturated heterocycles. The highest BCUT2D eigenvalue weighted by Gasteiger charge is 2.40. The fourth-order valence-electron chi connectivity index (χ4n) is 4.73. The van der Waals surface area contributed by atoms with Crippen LogP contribution in [0.1, 0.15) is 49.0 Å². The van der Waals surface area contributed by atoms with Gasteiger partial charge in [-0.05, 0) is 70.4 Å². The van der Waals surface area contributed by atoms with E-state index in [1.54, 1.807) is 15.9 Å². The molecule has 3 amide bonds. The van der Waals surface area contributed by atoms with Gasteiger partial charge < -0.3 is 15.1 Å². The van der Waals surface area contributed by atoms with Crippen molar-refractivity contribution >= 4 is 34.8 Å². The summed E-state index contributed by atoms with van der Waals surface area (Å²) < 4.78 is 0. The highest BCUT2D eigenvalue weighted by atomic mass is 16.2. The third-order valence-corrected chi connectivity index (χ3v) is 6.56. The van der Waals surface area contributed by atoms with Crippen molar-refractivity contribution in [1.82, 2.24) is 4.90 Å². The molecule has 2 aliphatic rings. The maximum atomic E-state index is 13.5. The van der Waals surface area contributed by atoms with Crippen molar-refractivity contribution in [3.63, 3.8) is 0 Å². The van der Waals surface area contributed by atoms with E-state index in [-0.39, 0.29) is 30.3 Å². The fourth-order valence-corrected chi connectivity index (χ4v) is 4.73. The smallest absolute Gasteiger partial charge is 0.253 e. The van der Waals surface area contributed by atoms with E-state index in [1.807, 2.05) is 57.2 Å². The SMILES string of the molecule is CCN(CC)C(=O)c1ccc2c(c1)N(CC(=O)Nc1ccc(C)cc1)C(=O)C1CCCCN21. The molecule has 0 saturated carbocycles. The molecule has 0 aromatic heterocycles. The van der Waals surface area contributed by atoms with E-state index in [0.29, 0.717) is 30.0 Å². The summed E-state index contributed by atoms with van der Waals surface area (Å²) in [6.45, 7) is 7.82. The molecule has 0 radical (unpaired) electrons. The van der Waals surface area contributed by atoms with Gasteiger partial charge >= 0.3 is 0 Å². The number of nitrogens with one attached hydrogen (secondary N) is 1. The van der Waals surface area contributed by atoms with Crippen molar-refractivity contribution in [3.8, 4) is 0 Å². The van der Waals surface area contributed by atoms with Crippen LogP contribution in [0.25, 0.3) is 0 Å². The van der Waals surface area contributed by atoms with Crippen molar-refractivity contribution in [2.75, 3.05) is 41.3 Å². The average molecular weight is 449 g/mol. The lowest BCUT2D eigenvalue weighted by Crippen LogP contribution is -2.56. The Morgan fingerprint density at radius 3 is 2.45 bits per heavy atom. The number of carbonyl (C=O) groups excluding carboxylic acids is 3. The van der Waals surface area contributed by atoms with Gasteiger partial charge in [-0.1, -0.05) is 17.7 Å². The Morgan fingerprint density at radius 2 is 1.76 bits per heavy atom. The van der Waals surface area contributed by atoms with Crippen molar-refractivity contribution < 1.29 is 14.4 Å². The Balaban J connectivity index is 1.66. The van der Waals surface area contributed by atoms with Gasteiger partial charge in [0.2, 0.25) is 11.8 Å². The summed E-state index contributed by atoms with van der Waals surface area (Å²) in [5, 5.41) is 2.89. The van der Waals surface area contributed by atoms with Crippen LogP contribution in [0.5, 0.6) is 0 Å². The first-order valence-electron chi connectivity index (χ1n) is 11.8. The van der Waals surface area contributed by atoms with Crippen molar-refractivity contribution in [1.29, 1.82) is 0 Å². The van der Waals surface area contributed by atoms with Crippen LogP contribution in [0.2, 0.25) is 0 Å². The molecule has 2 aromatic carbocycles. The summed E-state index contributed by atoms with van der Waals surface area (Å²) in [7, 11) is 0. The zero-order valence-electron chi connectivity index (χ0n) is 19.6. The lowest BCUT2D eigenvalue weighted by molar-refractivity contribution is -0.123. The number of hydrogen-bond acceptors (Lipinski definition) is 4. The molecule has 1 N–H and O–H groups in total. The van der Waals surface area contributed by atoms with Crippen molar-refractivity contribution in [2.24, 2.45) is 0 Å². The molecule has 7 heteroatoms. The van der Waals surface area contributed by atoms with Gasteiger partial charge in [0.05, 0.1) is 11.4 Å². The summed E-state index contributed by atoms with van der Waals surface area (Å²) in [5.74, 6) is -0.406. The van der Waals surface area contributed by atoms with E-state index in [9.17, 15) is 14.4 Å². The number of rotatable bonds is 6. The normalized spacial score (nSPS) is 17.3. The quantitative estimate of drug-likeness (QED) is 0.729. The van der Waals surface area contributed by atoms with Crippen LogP contribution in [-0.2, 0) is 9.59 Å². The molecule has 7 nitrogen and oxygen atoms in total. The molecular formula is C26H32N4O3. The first-order valence-corrected chi connectivity index (χ1v) is 11.8. The van der Waals surface area contributed by atoms with Crippen LogP contribution in [0, 0.1) is 6.92 Å². The molecule has 33 heavy (non-hydrogen) atoms. The summed E-state index contributed by atoms with van der Waals surface area (Å²) in [4.78, 5) is 44.8. The van der Waals surface area contributed by atoms with Gasteiger partial charge in [-0.2, -0.15) is 0 Å². The monoisotopic (exact) mass is 448 g/mol. The van der Waals surface area contributed by atoms with Crippen molar-refractivity contribution in [2.45, 2.75) is 46.1 Å². The summed E-state index contributed by atoms with van der Waals surface area (Å²) in [5.41, 5.74) is 3.88. The molecule has 1 unspecified atom stereocenters. The first kappa shape index (κ1) is 22.8. The molecule has 1 fully saturated rings. The molecule has 4 rings (SSSR count). The Kier molecular flexibility index (Phi) is 6.67. The van der Waals surface area contributed by atoms with E-state index in [1.165, 1.54) is 0 Å². The van der Waals surface area contributed by atoms with Gasteiger partial charge in [-0.25, -0.2) is 0 Å². The van der Waals surface area contributed by atoms with E-state index in [2.05, 4.69) is 10.2 Å². The highest BCUT2D eigenvalue weighted by Crippen LogP contribution is 2.40. The van der Waals surface area contributed by atoms with Crippen molar-refractivity contribution in [3.05, 3.63) is 53.6 Å². The van der Waals surface area contributed by atoms with Crippen LogP contribution in [0.15, 0.2) is 42.5 Å². The lowest BCUT2D eigenvalue weighted by Gasteiger charge is -2.45. The predicted molar refractivity (Wildman–Crippen MR) is 131 cm³/mol. The minimum atomic E-state index is -0.261. The average Bonchev–Trinajstić information content (AvgIpc) is 2.83. The van der Waals surface area contributed by atoms with Gasteiger partial charge in [-0.15, -0.1) is 0 Å². The summed E-state index contributed by atoms with van der Waals surface area (Å²) in [6.07, 6.45) is 2.79. The molecule has 0 aliphatic carbocycles. The second-order valence-corrected chi connectivity index (χ2v) is 8.72. The molecule has 1 atom stereocenters. The molecule has 2 heterocycles. The van der Waals surface area contributed by atoms with E-state index in [0.717, 1.165) is 37.1 Å². The molecule has 2 aromatic rings. The maximum absolute atomic E-state index is 13.5. The number of amides is 3. The topological polar surface area (TPSA) is 73.0 Å². The predicted octanol–water partition coefficient (Wildman–Crippen LogP) is 3.82. The van der Waals surface area contributed by atoms with Crippen LogP contribution in [0.3, 0.4) is 0 Å². The van der Waals surface area contributed by atoms with Crippen LogP contribution in [0.4, 0.5) is 17.1 Å². The van der Waals surface area contributed by atoms with Gasteiger partial charge in [-0.3, -0.25) is 19.3 Å². The number of benzene rings is 2. The first-order chi connectivity index (χ1) is 15.9. The Hall–Kier alpha value is -3.35. The number of fused-ring (bicyclic) bond motifs is 3. The molecular weight excluding hydrogens is 416 g/mol. The maximum Gasteiger partial charge on any atom is 0.253 e. The number of hydrogen-bond donors (Lipinski definition) is 1. The number of nitrogens with zero attached hydrogens (tertiary/aromatic N) is 3. The van der Waals surface area contributed by atoms with E-state index in [4.69, 9.17) is 0 Å². The molecule has 0 bridgehead atoms. The largest absolute Gasteiger partial charge is 0.358 e. The van der Waals surface area contributed by atoms with Gasteiger partial charge in [0, 0.05) is 30.9 Å². The summed E-state index contributed by atoms with van der Waals surface area (Å²) in [6, 6.07) is 12.9. The molecule has 2 aliphatic heterocycles. The standard InChI is InChI=1S/C26H32N4O3/c1-4-28(5-2)25(32)19-11-14-21-23(16-19)30(26(33)22-8-6-7-15-29(21)22)17-24(31)27-20-12-9-18(3)10-13-20/h9-14,16,22H,4-8,15,17H2,1-3H3,(H,27,31). The van der Waals surface area contributed by atoms with E-state index < -0.39 is 0 Å². The second-order valence-electron chi connectivity index (χ2n) is 8.72. The Bertz CT molecular complexity index is 1050. The summed E-state index contributed by atoms with van der Waals surface area (Å²) >= 11 is 0. The third kappa shape index (κ3) is 4.58. The number of anilines is 3. The van der Waals surface area contributed by atoms with Gasteiger partial charge in [0.1, 0.15) is 12.6 Å². The third-order valence-electron chi connectivity index (χ3n) is 6.56. The number of piperidine rings is 1. The van der Waals surface area contributed by atoms with Crippen LogP contribution >= 0.6 is 0 Å². The van der Waals surface area contributed by atoms with Gasteiger partial charge in [0.25, 0.3) is 5.91 Å². The minimum Gasteiger partial charge on any atom is -0.358 e. The van der Waals surface area contributed by atoms with Gasteiger partial charge in [0.15, 0.2) is 0 Å². The fraction of sp³-hybridized carbons (Fsp3) is 0.423. The van der Waals surface area contributed by atoms with Crippen LogP contribution < -0.4 is 15.1 Å². The zero-order chi connectivity index (χ0) is 23.5. The number of carbonyl (C=O) groups is 3. The number of aryl methyl sites for hydroxylation is 1. The second kappa shape index (κ2) is 9.65. The molecule has 0 spiro atoms. The van der Waals surface area contributed by atoms with Crippen LogP contribution in [-0.4, -0.2) is 54.8 Å². The minimum absolute atomic E-state index is 0.0694. The Labute approximate surface area is 195 Å². The lowest BCUT2D eigenvalue weighted by atomic mass is 9.95.